The molecular formula is C21H31NO4. The summed E-state index contributed by atoms with van der Waals surface area (Å²) in [6.45, 7) is 0.780. The molecule has 0 spiro atoms. The number of aryl methyl sites for hydroxylation is 3. The second-order valence-electron chi connectivity index (χ2n) is 6.63. The molecule has 4 N–H and O–H groups in total. The highest BCUT2D eigenvalue weighted by atomic mass is 16.5. The molecule has 0 saturated carbocycles. The predicted octanol–water partition coefficient (Wildman–Crippen LogP) is 3.72. The van der Waals surface area contributed by atoms with Gasteiger partial charge in [-0.2, -0.15) is 0 Å². The van der Waals surface area contributed by atoms with Gasteiger partial charge in [-0.1, -0.05) is 25.3 Å². The van der Waals surface area contributed by atoms with Crippen LogP contribution in [0.1, 0.15) is 54.8 Å². The van der Waals surface area contributed by atoms with E-state index < -0.39 is 0 Å². The Kier molecular flexibility index (Phi) is 8.51. The highest BCUT2D eigenvalue weighted by molar-refractivity contribution is 5.41. The number of rotatable bonds is 12. The monoisotopic (exact) mass is 361 g/mol. The molecule has 26 heavy (non-hydrogen) atoms. The van der Waals surface area contributed by atoms with Crippen molar-refractivity contribution < 1.29 is 19.4 Å². The van der Waals surface area contributed by atoms with Crippen LogP contribution in [0.5, 0.6) is 11.5 Å². The van der Waals surface area contributed by atoms with E-state index in [0.717, 1.165) is 67.7 Å². The van der Waals surface area contributed by atoms with E-state index in [4.69, 9.17) is 14.9 Å². The third kappa shape index (κ3) is 6.07. The highest BCUT2D eigenvalue weighted by Gasteiger charge is 2.11. The fourth-order valence-corrected chi connectivity index (χ4v) is 3.10. The molecule has 0 saturated heterocycles. The summed E-state index contributed by atoms with van der Waals surface area (Å²) in [6, 6.07) is 7.33. The van der Waals surface area contributed by atoms with E-state index in [2.05, 4.69) is 0 Å². The van der Waals surface area contributed by atoms with E-state index in [-0.39, 0.29) is 12.4 Å². The Morgan fingerprint density at radius 1 is 1.00 bits per heavy atom. The number of aromatic hydroxyl groups is 1. The van der Waals surface area contributed by atoms with Crippen LogP contribution in [0.3, 0.4) is 0 Å². The van der Waals surface area contributed by atoms with Crippen molar-refractivity contribution in [3.8, 4) is 11.5 Å². The standard InChI is InChI=1S/C21H31NO4/c1-25-21-13-16(9-11-19(21)24)8-10-18-14-17(15-23)20(26-18)7-5-3-2-4-6-12-22/h9,11,13-14,23-24H,2-8,10,12,15,22H2,1H3. The third-order valence-electron chi connectivity index (χ3n) is 4.63. The normalized spacial score (nSPS) is 11.0. The molecule has 0 aliphatic carbocycles. The minimum absolute atomic E-state index is 0.0129. The Bertz CT molecular complexity index is 666. The number of furan rings is 1. The van der Waals surface area contributed by atoms with Crippen LogP contribution in [0.25, 0.3) is 0 Å². The van der Waals surface area contributed by atoms with Crippen molar-refractivity contribution in [3.05, 3.63) is 46.9 Å². The Morgan fingerprint density at radius 3 is 2.50 bits per heavy atom. The molecule has 0 bridgehead atoms. The zero-order chi connectivity index (χ0) is 18.8. The van der Waals surface area contributed by atoms with Crippen molar-refractivity contribution in [2.45, 2.75) is 58.0 Å². The number of aliphatic hydroxyl groups excluding tert-OH is 1. The van der Waals surface area contributed by atoms with Gasteiger partial charge in [0.15, 0.2) is 11.5 Å². The largest absolute Gasteiger partial charge is 0.504 e. The molecule has 0 aliphatic heterocycles. The highest BCUT2D eigenvalue weighted by Crippen LogP contribution is 2.27. The predicted molar refractivity (Wildman–Crippen MR) is 103 cm³/mol. The lowest BCUT2D eigenvalue weighted by molar-refractivity contribution is 0.277. The number of unbranched alkanes of at least 4 members (excludes halogenated alkanes) is 4. The zero-order valence-corrected chi connectivity index (χ0v) is 15.7. The molecular weight excluding hydrogens is 330 g/mol. The maximum Gasteiger partial charge on any atom is 0.160 e. The van der Waals surface area contributed by atoms with Gasteiger partial charge < -0.3 is 25.1 Å². The van der Waals surface area contributed by atoms with Gasteiger partial charge in [0.25, 0.3) is 0 Å². The molecule has 0 amide bonds. The number of hydrogen-bond acceptors (Lipinski definition) is 5. The van der Waals surface area contributed by atoms with Gasteiger partial charge in [0.1, 0.15) is 11.5 Å². The number of nitrogens with two attached hydrogens (primary N) is 1. The van der Waals surface area contributed by atoms with Crippen molar-refractivity contribution in [1.29, 1.82) is 0 Å². The summed E-state index contributed by atoms with van der Waals surface area (Å²) in [7, 11) is 1.54. The van der Waals surface area contributed by atoms with Crippen LogP contribution in [0, 0.1) is 0 Å². The summed E-state index contributed by atoms with van der Waals surface area (Å²) in [4.78, 5) is 0. The topological polar surface area (TPSA) is 88.9 Å². The van der Waals surface area contributed by atoms with Crippen LogP contribution < -0.4 is 10.5 Å². The second kappa shape index (κ2) is 10.9. The van der Waals surface area contributed by atoms with E-state index in [1.165, 1.54) is 12.8 Å². The summed E-state index contributed by atoms with van der Waals surface area (Å²) >= 11 is 0. The molecule has 0 unspecified atom stereocenters. The van der Waals surface area contributed by atoms with Crippen LogP contribution in [-0.4, -0.2) is 23.9 Å². The zero-order valence-electron chi connectivity index (χ0n) is 15.7. The number of ether oxygens (including phenoxy) is 1. The first-order chi connectivity index (χ1) is 12.7. The van der Waals surface area contributed by atoms with Crippen LogP contribution in [0.4, 0.5) is 0 Å². The number of methoxy groups -OCH3 is 1. The molecule has 0 atom stereocenters. The van der Waals surface area contributed by atoms with Crippen molar-refractivity contribution in [3.63, 3.8) is 0 Å². The van der Waals surface area contributed by atoms with Crippen molar-refractivity contribution >= 4 is 0 Å². The van der Waals surface area contributed by atoms with E-state index in [1.807, 2.05) is 18.2 Å². The Labute approximate surface area is 155 Å². The van der Waals surface area contributed by atoms with Gasteiger partial charge in [0, 0.05) is 18.4 Å². The quantitative estimate of drug-likeness (QED) is 0.501. The van der Waals surface area contributed by atoms with E-state index in [0.29, 0.717) is 5.75 Å². The lowest BCUT2D eigenvalue weighted by Gasteiger charge is -2.06. The molecule has 0 fully saturated rings. The average molecular weight is 361 g/mol. The fraction of sp³-hybridized carbons (Fsp3) is 0.524. The molecule has 5 nitrogen and oxygen atoms in total. The molecule has 1 heterocycles. The van der Waals surface area contributed by atoms with E-state index in [1.54, 1.807) is 13.2 Å². The Hall–Kier alpha value is -1.98. The fourth-order valence-electron chi connectivity index (χ4n) is 3.10. The Balaban J connectivity index is 1.87. The van der Waals surface area contributed by atoms with Crippen molar-refractivity contribution in [2.24, 2.45) is 5.73 Å². The van der Waals surface area contributed by atoms with E-state index >= 15 is 0 Å². The minimum Gasteiger partial charge on any atom is -0.504 e. The summed E-state index contributed by atoms with van der Waals surface area (Å²) in [5.74, 6) is 2.42. The number of hydrogen-bond donors (Lipinski definition) is 3. The van der Waals surface area contributed by atoms with Gasteiger partial charge in [-0.3, -0.25) is 0 Å². The second-order valence-corrected chi connectivity index (χ2v) is 6.63. The number of phenolic OH excluding ortho intramolecular Hbond substituents is 1. The molecule has 0 radical (unpaired) electrons. The summed E-state index contributed by atoms with van der Waals surface area (Å²) in [5.41, 5.74) is 7.47. The number of phenols is 1. The first kappa shape index (κ1) is 20.3. The van der Waals surface area contributed by atoms with Gasteiger partial charge in [-0.05, 0) is 49.6 Å². The van der Waals surface area contributed by atoms with Gasteiger partial charge in [-0.15, -0.1) is 0 Å². The Morgan fingerprint density at radius 2 is 1.77 bits per heavy atom. The van der Waals surface area contributed by atoms with Crippen LogP contribution in [0.2, 0.25) is 0 Å². The maximum absolute atomic E-state index is 9.66. The van der Waals surface area contributed by atoms with Gasteiger partial charge in [0.05, 0.1) is 13.7 Å². The first-order valence-electron chi connectivity index (χ1n) is 9.45. The smallest absolute Gasteiger partial charge is 0.160 e. The summed E-state index contributed by atoms with van der Waals surface area (Å²) < 4.78 is 11.1. The molecule has 1 aromatic heterocycles. The molecule has 1 aromatic carbocycles. The van der Waals surface area contributed by atoms with E-state index in [9.17, 15) is 10.2 Å². The number of aliphatic hydroxyl groups is 1. The lowest BCUT2D eigenvalue weighted by Crippen LogP contribution is -1.97. The molecule has 0 aliphatic rings. The average Bonchev–Trinajstić information content (AvgIpc) is 3.06. The van der Waals surface area contributed by atoms with Crippen LogP contribution in [-0.2, 0) is 25.9 Å². The van der Waals surface area contributed by atoms with Gasteiger partial charge in [-0.25, -0.2) is 0 Å². The first-order valence-corrected chi connectivity index (χ1v) is 9.45. The van der Waals surface area contributed by atoms with Gasteiger partial charge in [0.2, 0.25) is 0 Å². The minimum atomic E-state index is 0.0129. The molecule has 2 rings (SSSR count). The lowest BCUT2D eigenvalue weighted by atomic mass is 10.1. The third-order valence-corrected chi connectivity index (χ3v) is 4.63. The summed E-state index contributed by atoms with van der Waals surface area (Å²) in [6.07, 6.45) is 8.10. The van der Waals surface area contributed by atoms with Crippen LogP contribution >= 0.6 is 0 Å². The van der Waals surface area contributed by atoms with Crippen LogP contribution in [0.15, 0.2) is 28.7 Å². The van der Waals surface area contributed by atoms with Crippen molar-refractivity contribution in [2.75, 3.05) is 13.7 Å². The molecule has 144 valence electrons. The molecule has 2 aromatic rings. The van der Waals surface area contributed by atoms with Gasteiger partial charge >= 0.3 is 0 Å². The van der Waals surface area contributed by atoms with Crippen molar-refractivity contribution in [1.82, 2.24) is 0 Å². The number of benzene rings is 1. The summed E-state index contributed by atoms with van der Waals surface area (Å²) in [5, 5.41) is 19.2. The maximum atomic E-state index is 9.66. The molecule has 5 heteroatoms. The SMILES string of the molecule is COc1cc(CCc2cc(CO)c(CCCCCCCN)o2)ccc1O.